The molecule has 3 aromatic heterocycles. The molecule has 0 spiro atoms. The summed E-state index contributed by atoms with van der Waals surface area (Å²) in [6.07, 6.45) is 7.32. The first-order valence-electron chi connectivity index (χ1n) is 16.4. The fourth-order valence-electron chi connectivity index (χ4n) is 8.14. The predicted octanol–water partition coefficient (Wildman–Crippen LogP) is 5.74. The Bertz CT molecular complexity index is 1870. The van der Waals surface area contributed by atoms with Gasteiger partial charge in [0.25, 0.3) is 0 Å². The first-order valence-corrected chi connectivity index (χ1v) is 16.8. The van der Waals surface area contributed by atoms with E-state index in [0.29, 0.717) is 77.2 Å². The number of carbonyl (C=O) groups is 1. The number of alkyl halides is 1. The average Bonchev–Trinajstić information content (AvgIpc) is 3.69. The van der Waals surface area contributed by atoms with E-state index >= 15 is 4.39 Å². The molecule has 8 heterocycles. The molecule has 11 nitrogen and oxygen atoms in total. The number of anilines is 1. The molecule has 14 heteroatoms. The number of ether oxygens (including phenoxy) is 2. The zero-order valence-corrected chi connectivity index (χ0v) is 27.0. The number of amides is 1. The van der Waals surface area contributed by atoms with Gasteiger partial charge in [0, 0.05) is 48.2 Å². The third-order valence-corrected chi connectivity index (χ3v) is 10.7. The maximum Gasteiger partial charge on any atom is 0.407 e. The van der Waals surface area contributed by atoms with Gasteiger partial charge in [-0.1, -0.05) is 11.6 Å². The smallest absolute Gasteiger partial charge is 0.407 e. The number of benzene rings is 1. The van der Waals surface area contributed by atoms with E-state index in [2.05, 4.69) is 25.4 Å². The van der Waals surface area contributed by atoms with E-state index in [4.69, 9.17) is 31.0 Å². The molecule has 9 rings (SSSR count). The van der Waals surface area contributed by atoms with Crippen LogP contribution in [0.15, 0.2) is 18.5 Å². The molecule has 1 amide bonds. The number of hydrogen-bond acceptors (Lipinski definition) is 9. The van der Waals surface area contributed by atoms with Crippen LogP contribution in [0, 0.1) is 5.82 Å². The van der Waals surface area contributed by atoms with Gasteiger partial charge >= 0.3 is 12.1 Å². The van der Waals surface area contributed by atoms with Gasteiger partial charge in [0.1, 0.15) is 29.8 Å². The molecule has 47 heavy (non-hydrogen) atoms. The van der Waals surface area contributed by atoms with Crippen molar-refractivity contribution in [2.24, 2.45) is 0 Å². The van der Waals surface area contributed by atoms with Crippen molar-refractivity contribution >= 4 is 45.3 Å². The summed E-state index contributed by atoms with van der Waals surface area (Å²) >= 11 is 6.79. The van der Waals surface area contributed by atoms with Crippen molar-refractivity contribution in [3.63, 3.8) is 0 Å². The quantitative estimate of drug-likeness (QED) is 0.282. The van der Waals surface area contributed by atoms with Crippen molar-refractivity contribution in [2.45, 2.75) is 75.5 Å². The maximum atomic E-state index is 17.1. The van der Waals surface area contributed by atoms with Gasteiger partial charge < -0.3 is 19.7 Å². The molecule has 5 aliphatic heterocycles. The fraction of sp³-hybridized carbons (Fsp3) is 0.545. The molecular weight excluding hydrogens is 630 g/mol. The van der Waals surface area contributed by atoms with Crippen molar-refractivity contribution in [2.75, 3.05) is 44.3 Å². The first-order chi connectivity index (χ1) is 22.7. The van der Waals surface area contributed by atoms with E-state index in [1.54, 1.807) is 18.5 Å². The molecule has 2 N–H and O–H groups in total. The maximum absolute atomic E-state index is 17.1. The molecule has 0 unspecified atom stereocenters. The predicted molar refractivity (Wildman–Crippen MR) is 173 cm³/mol. The summed E-state index contributed by atoms with van der Waals surface area (Å²) < 4.78 is 43.6. The second-order valence-corrected chi connectivity index (χ2v) is 14.1. The number of nitrogens with one attached hydrogen (secondary N) is 2. The van der Waals surface area contributed by atoms with Gasteiger partial charge in [-0.2, -0.15) is 15.1 Å². The van der Waals surface area contributed by atoms with Crippen molar-refractivity contribution in [1.29, 1.82) is 0 Å². The zero-order chi connectivity index (χ0) is 32.3. The third kappa shape index (κ3) is 5.41. The lowest BCUT2D eigenvalue weighted by molar-refractivity contribution is 0.107. The van der Waals surface area contributed by atoms with Gasteiger partial charge in [-0.05, 0) is 70.0 Å². The molecule has 4 aromatic rings. The minimum atomic E-state index is -0.912. The summed E-state index contributed by atoms with van der Waals surface area (Å²) in [6, 6.07) is 1.78. The van der Waals surface area contributed by atoms with Crippen LogP contribution in [0.5, 0.6) is 6.01 Å². The fourth-order valence-corrected chi connectivity index (χ4v) is 8.44. The highest BCUT2D eigenvalue weighted by atomic mass is 35.5. The number of pyridine rings is 1. The number of H-pyrrole nitrogens is 1. The highest BCUT2D eigenvalue weighted by Gasteiger charge is 2.49. The number of nitrogens with zero attached hydrogens (tertiary/aromatic N) is 6. The van der Waals surface area contributed by atoms with Gasteiger partial charge in [-0.3, -0.25) is 15.0 Å². The van der Waals surface area contributed by atoms with Crippen molar-refractivity contribution in [3.05, 3.63) is 34.9 Å². The van der Waals surface area contributed by atoms with Gasteiger partial charge in [0.15, 0.2) is 5.82 Å². The van der Waals surface area contributed by atoms with Crippen LogP contribution in [0.4, 0.5) is 19.4 Å². The molecule has 3 atom stereocenters. The number of aromatic amines is 1. The third-order valence-electron chi connectivity index (χ3n) is 10.4. The van der Waals surface area contributed by atoms with Crippen molar-refractivity contribution in [1.82, 2.24) is 35.4 Å². The van der Waals surface area contributed by atoms with Crippen LogP contribution >= 0.6 is 11.6 Å². The molecule has 0 saturated carbocycles. The normalized spacial score (nSPS) is 26.8. The summed E-state index contributed by atoms with van der Waals surface area (Å²) in [4.78, 5) is 31.4. The van der Waals surface area contributed by atoms with E-state index in [9.17, 15) is 9.18 Å². The Hall–Kier alpha value is -3.84. The Balaban J connectivity index is 1.31. The molecule has 1 aromatic carbocycles. The molecule has 3 saturated heterocycles. The number of halogens is 3. The highest BCUT2D eigenvalue weighted by molar-refractivity contribution is 6.33. The van der Waals surface area contributed by atoms with Crippen LogP contribution in [-0.4, -0.2) is 92.8 Å². The molecule has 6 bridgehead atoms. The summed E-state index contributed by atoms with van der Waals surface area (Å²) in [5, 5.41) is 11.7. The Morgan fingerprint density at radius 1 is 1.15 bits per heavy atom. The van der Waals surface area contributed by atoms with Crippen molar-refractivity contribution < 1.29 is 23.0 Å². The lowest BCUT2D eigenvalue weighted by Gasteiger charge is -2.34. The van der Waals surface area contributed by atoms with Crippen LogP contribution < -0.4 is 15.0 Å². The molecule has 0 aliphatic carbocycles. The Morgan fingerprint density at radius 3 is 2.94 bits per heavy atom. The molecule has 5 aliphatic rings. The molecule has 3 fully saturated rings. The largest absolute Gasteiger partial charge is 0.461 e. The van der Waals surface area contributed by atoms with Crippen LogP contribution in [0.25, 0.3) is 33.1 Å². The van der Waals surface area contributed by atoms with E-state index in [1.807, 2.05) is 11.8 Å². The molecule has 248 valence electrons. The number of carbonyl (C=O) groups excluding carboxylic acids is 1. The summed E-state index contributed by atoms with van der Waals surface area (Å²) in [7, 11) is 0. The number of hydrogen-bond donors (Lipinski definition) is 2. The minimum Gasteiger partial charge on any atom is -0.461 e. The minimum absolute atomic E-state index is 0.0197. The molecular formula is C33H37ClF2N8O3. The van der Waals surface area contributed by atoms with Crippen LogP contribution in [0.2, 0.25) is 5.02 Å². The topological polar surface area (TPSA) is 121 Å². The zero-order valence-electron chi connectivity index (χ0n) is 26.3. The van der Waals surface area contributed by atoms with Gasteiger partial charge in [-0.15, -0.1) is 0 Å². The van der Waals surface area contributed by atoms with Gasteiger partial charge in [0.05, 0.1) is 34.8 Å². The van der Waals surface area contributed by atoms with Crippen LogP contribution in [-0.2, 0) is 11.2 Å². The van der Waals surface area contributed by atoms with E-state index in [0.717, 1.165) is 38.6 Å². The van der Waals surface area contributed by atoms with E-state index in [-0.39, 0.29) is 30.4 Å². The molecule has 0 radical (unpaired) electrons. The summed E-state index contributed by atoms with van der Waals surface area (Å²) in [5.74, 6) is -0.157. The number of rotatable bonds is 3. The van der Waals surface area contributed by atoms with E-state index in [1.165, 1.54) is 0 Å². The number of alkyl carbamates (subject to hydrolysis) is 1. The van der Waals surface area contributed by atoms with Gasteiger partial charge in [0.2, 0.25) is 0 Å². The Kier molecular flexibility index (Phi) is 7.58. The van der Waals surface area contributed by atoms with Crippen LogP contribution in [0.1, 0.15) is 57.4 Å². The van der Waals surface area contributed by atoms with Gasteiger partial charge in [-0.25, -0.2) is 13.6 Å². The average molecular weight is 667 g/mol. The Morgan fingerprint density at radius 2 is 2.04 bits per heavy atom. The Labute approximate surface area is 275 Å². The highest BCUT2D eigenvalue weighted by Crippen LogP contribution is 2.42. The van der Waals surface area contributed by atoms with Crippen molar-refractivity contribution in [3.8, 4) is 17.3 Å². The van der Waals surface area contributed by atoms with E-state index < -0.39 is 29.2 Å². The van der Waals surface area contributed by atoms with Crippen LogP contribution in [0.3, 0.4) is 0 Å². The second kappa shape index (κ2) is 11.7. The SMILES string of the molecule is C[C@@]12CCCCN(C1)c1nc(OC[C@@]34CCCN3C[C@H](F)C4)nc3c(F)c(ncc13)-c1c(c(Cl)cc3[nH]ncc13)CCCOC(=O)N2. The summed E-state index contributed by atoms with van der Waals surface area (Å²) in [6.45, 7) is 4.60. The second-order valence-electron chi connectivity index (χ2n) is 13.7. The summed E-state index contributed by atoms with van der Waals surface area (Å²) in [5.41, 5.74) is 0.892. The standard InChI is InChI=1S/C33H37ClF2N8O3/c1-32-7-2-3-9-43(17-32)29-22-14-37-28(25-20(6-4-11-46-31(45)41-32)23(34)12-24-21(25)15-38-42-24)26(36)27(22)39-30(40-29)47-18-33-8-5-10-44(33)16-19(35)13-33/h12,14-15,19H,2-11,13,16-18H2,1H3,(H,38,42)(H,41,45)/t19-,32-,33+/m1/s1. The first kappa shape index (κ1) is 30.5. The lowest BCUT2D eigenvalue weighted by atomic mass is 9.95. The number of aromatic nitrogens is 5. The number of fused-ring (bicyclic) bond motifs is 8. The lowest BCUT2D eigenvalue weighted by Crippen LogP contribution is -2.53. The monoisotopic (exact) mass is 666 g/mol.